The van der Waals surface area contributed by atoms with Crippen molar-refractivity contribution in [1.82, 2.24) is 4.90 Å². The van der Waals surface area contributed by atoms with Crippen molar-refractivity contribution >= 4 is 0 Å². The summed E-state index contributed by atoms with van der Waals surface area (Å²) in [5.74, 6) is 2.65. The lowest BCUT2D eigenvalue weighted by Crippen LogP contribution is -2.38. The number of rotatable bonds is 3. The van der Waals surface area contributed by atoms with Gasteiger partial charge in [0.15, 0.2) is 0 Å². The van der Waals surface area contributed by atoms with Gasteiger partial charge in [-0.1, -0.05) is 19.9 Å². The van der Waals surface area contributed by atoms with Gasteiger partial charge in [0.05, 0.1) is 7.11 Å². The monoisotopic (exact) mass is 261 g/mol. The maximum Gasteiger partial charge on any atom is 0.122 e. The second kappa shape index (κ2) is 5.96. The number of nitrogens with zero attached hydrogens (tertiary/aromatic N) is 1. The molecule has 0 bridgehead atoms. The topological polar surface area (TPSA) is 12.5 Å². The van der Waals surface area contributed by atoms with Gasteiger partial charge < -0.3 is 4.74 Å². The van der Waals surface area contributed by atoms with Crippen molar-refractivity contribution in [3.05, 3.63) is 28.8 Å². The molecule has 0 radical (unpaired) electrons. The number of aryl methyl sites for hydroxylation is 2. The smallest absolute Gasteiger partial charge is 0.122 e. The number of ether oxygens (including phenoxy) is 1. The number of hydrogen-bond acceptors (Lipinski definition) is 2. The van der Waals surface area contributed by atoms with Crippen LogP contribution in [0.25, 0.3) is 0 Å². The molecule has 19 heavy (non-hydrogen) atoms. The molecule has 0 amide bonds. The Morgan fingerprint density at radius 3 is 2.32 bits per heavy atom. The summed E-state index contributed by atoms with van der Waals surface area (Å²) in [6, 6.07) is 4.46. The van der Waals surface area contributed by atoms with E-state index in [1.165, 1.54) is 36.2 Å². The molecule has 0 saturated carbocycles. The van der Waals surface area contributed by atoms with Crippen LogP contribution in [0.3, 0.4) is 0 Å². The zero-order chi connectivity index (χ0) is 14.0. The minimum Gasteiger partial charge on any atom is -0.496 e. The van der Waals surface area contributed by atoms with Crippen LogP contribution in [0.2, 0.25) is 0 Å². The number of likely N-dealkylation sites (tertiary alicyclic amines) is 1. The fraction of sp³-hybridized carbons (Fsp3) is 0.647. The number of benzene rings is 1. The zero-order valence-corrected chi connectivity index (χ0v) is 13.0. The predicted octanol–water partition coefficient (Wildman–Crippen LogP) is 3.79. The molecule has 1 heterocycles. The summed E-state index contributed by atoms with van der Waals surface area (Å²) in [6.07, 6.45) is 1.37. The molecule has 2 rings (SSSR count). The van der Waals surface area contributed by atoms with Gasteiger partial charge in [-0.25, -0.2) is 0 Å². The lowest BCUT2D eigenvalue weighted by molar-refractivity contribution is 0.134. The summed E-state index contributed by atoms with van der Waals surface area (Å²) in [6.45, 7) is 12.6. The van der Waals surface area contributed by atoms with Crippen molar-refractivity contribution in [2.45, 2.75) is 40.7 Å². The van der Waals surface area contributed by atoms with Crippen molar-refractivity contribution < 1.29 is 4.74 Å². The Balaban J connectivity index is 2.12. The molecule has 1 aliphatic heterocycles. The van der Waals surface area contributed by atoms with E-state index >= 15 is 0 Å². The molecule has 1 aromatic rings. The van der Waals surface area contributed by atoms with E-state index in [0.29, 0.717) is 0 Å². The average Bonchev–Trinajstić information content (AvgIpc) is 2.32. The molecule has 0 N–H and O–H groups in total. The fourth-order valence-electron chi connectivity index (χ4n) is 3.40. The van der Waals surface area contributed by atoms with E-state index in [0.717, 1.165) is 24.1 Å². The Morgan fingerprint density at radius 2 is 1.74 bits per heavy atom. The van der Waals surface area contributed by atoms with Crippen molar-refractivity contribution in [1.29, 1.82) is 0 Å². The second-order valence-electron chi connectivity index (χ2n) is 6.39. The molecule has 0 unspecified atom stereocenters. The van der Waals surface area contributed by atoms with Crippen LogP contribution in [0.15, 0.2) is 12.1 Å². The maximum atomic E-state index is 5.39. The van der Waals surface area contributed by atoms with E-state index in [1.807, 2.05) is 0 Å². The van der Waals surface area contributed by atoms with Crippen LogP contribution in [-0.2, 0) is 6.54 Å². The minimum absolute atomic E-state index is 0.823. The number of methoxy groups -OCH3 is 1. The first-order chi connectivity index (χ1) is 8.99. The third-order valence-electron chi connectivity index (χ3n) is 4.19. The first kappa shape index (κ1) is 14.4. The van der Waals surface area contributed by atoms with E-state index in [9.17, 15) is 0 Å². The Labute approximate surface area is 117 Å². The van der Waals surface area contributed by atoms with Gasteiger partial charge in [0.1, 0.15) is 5.75 Å². The van der Waals surface area contributed by atoms with Crippen molar-refractivity contribution in [3.63, 3.8) is 0 Å². The van der Waals surface area contributed by atoms with Crippen LogP contribution in [0.1, 0.15) is 37.0 Å². The van der Waals surface area contributed by atoms with Gasteiger partial charge in [-0.3, -0.25) is 4.90 Å². The number of piperidine rings is 1. The third kappa shape index (κ3) is 3.50. The van der Waals surface area contributed by atoms with Crippen LogP contribution >= 0.6 is 0 Å². The highest BCUT2D eigenvalue weighted by Crippen LogP contribution is 2.26. The van der Waals surface area contributed by atoms with E-state index in [-0.39, 0.29) is 0 Å². The molecule has 0 aliphatic carbocycles. The van der Waals surface area contributed by atoms with Gasteiger partial charge in [-0.2, -0.15) is 0 Å². The molecule has 0 aromatic heterocycles. The van der Waals surface area contributed by atoms with E-state index in [4.69, 9.17) is 4.74 Å². The molecule has 1 saturated heterocycles. The van der Waals surface area contributed by atoms with Crippen molar-refractivity contribution in [2.75, 3.05) is 20.2 Å². The Kier molecular flexibility index (Phi) is 4.51. The van der Waals surface area contributed by atoms with Gasteiger partial charge in [0.25, 0.3) is 0 Å². The normalized spacial score (nSPS) is 24.5. The van der Waals surface area contributed by atoms with Crippen LogP contribution < -0.4 is 4.74 Å². The molecule has 1 fully saturated rings. The van der Waals surface area contributed by atoms with Gasteiger partial charge in [0.2, 0.25) is 0 Å². The van der Waals surface area contributed by atoms with E-state index in [2.05, 4.69) is 44.7 Å². The quantitative estimate of drug-likeness (QED) is 0.821. The average molecular weight is 261 g/mol. The summed E-state index contributed by atoms with van der Waals surface area (Å²) in [5.41, 5.74) is 4.02. The second-order valence-corrected chi connectivity index (χ2v) is 6.39. The van der Waals surface area contributed by atoms with Crippen molar-refractivity contribution in [3.8, 4) is 5.75 Å². The molecular formula is C17H27NO. The largest absolute Gasteiger partial charge is 0.496 e. The van der Waals surface area contributed by atoms with Crippen LogP contribution in [0.4, 0.5) is 0 Å². The summed E-state index contributed by atoms with van der Waals surface area (Å²) >= 11 is 0. The summed E-state index contributed by atoms with van der Waals surface area (Å²) in [5, 5.41) is 0. The third-order valence-corrected chi connectivity index (χ3v) is 4.19. The summed E-state index contributed by atoms with van der Waals surface area (Å²) in [4.78, 5) is 2.60. The molecule has 106 valence electrons. The highest BCUT2D eigenvalue weighted by Gasteiger charge is 2.22. The van der Waals surface area contributed by atoms with E-state index in [1.54, 1.807) is 7.11 Å². The number of hydrogen-bond donors (Lipinski definition) is 0. The highest BCUT2D eigenvalue weighted by molar-refractivity contribution is 5.41. The molecule has 2 nitrogen and oxygen atoms in total. The summed E-state index contributed by atoms with van der Waals surface area (Å²) in [7, 11) is 1.75. The molecule has 1 aliphatic rings. The maximum absolute atomic E-state index is 5.39. The Morgan fingerprint density at radius 1 is 1.11 bits per heavy atom. The summed E-state index contributed by atoms with van der Waals surface area (Å²) < 4.78 is 5.39. The van der Waals surface area contributed by atoms with Crippen molar-refractivity contribution in [2.24, 2.45) is 11.8 Å². The van der Waals surface area contributed by atoms with E-state index < -0.39 is 0 Å². The standard InChI is InChI=1S/C17H27NO/c1-12-6-13(2)10-18(9-12)11-16-7-15(4)17(19-5)8-14(16)3/h7-8,12-13H,6,9-11H2,1-5H3/t12-,13-/m0/s1. The lowest BCUT2D eigenvalue weighted by Gasteiger charge is -2.35. The van der Waals surface area contributed by atoms with Gasteiger partial charge >= 0.3 is 0 Å². The van der Waals surface area contributed by atoms with Crippen LogP contribution in [0, 0.1) is 25.7 Å². The minimum atomic E-state index is 0.823. The zero-order valence-electron chi connectivity index (χ0n) is 13.0. The van der Waals surface area contributed by atoms with Gasteiger partial charge in [-0.05, 0) is 54.9 Å². The molecule has 2 atom stereocenters. The molecule has 1 aromatic carbocycles. The molecule has 2 heteroatoms. The van der Waals surface area contributed by atoms with Crippen LogP contribution in [0.5, 0.6) is 5.75 Å². The highest BCUT2D eigenvalue weighted by atomic mass is 16.5. The first-order valence-electron chi connectivity index (χ1n) is 7.36. The Bertz CT molecular complexity index is 431. The molecule has 0 spiro atoms. The SMILES string of the molecule is COc1cc(C)c(CN2C[C@@H](C)C[C@H](C)C2)cc1C. The lowest BCUT2D eigenvalue weighted by atomic mass is 9.91. The Hall–Kier alpha value is -1.02. The predicted molar refractivity (Wildman–Crippen MR) is 80.7 cm³/mol. The first-order valence-corrected chi connectivity index (χ1v) is 7.36. The molecular weight excluding hydrogens is 234 g/mol. The van der Waals surface area contributed by atoms with Crippen LogP contribution in [-0.4, -0.2) is 25.1 Å². The van der Waals surface area contributed by atoms with Gasteiger partial charge in [-0.15, -0.1) is 0 Å². The van der Waals surface area contributed by atoms with Gasteiger partial charge in [0, 0.05) is 19.6 Å². The fourth-order valence-corrected chi connectivity index (χ4v) is 3.40.